The number of thioether (sulfide) groups is 1. The van der Waals surface area contributed by atoms with Crippen LogP contribution in [-0.2, 0) is 4.79 Å². The molecular weight excluding hydrogens is 191 g/mol. The van der Waals surface area contributed by atoms with Crippen molar-refractivity contribution in [3.05, 3.63) is 9.94 Å². The normalized spacial score (nSPS) is 12.8. The minimum absolute atomic E-state index is 0.426. The van der Waals surface area contributed by atoms with Gasteiger partial charge in [0.05, 0.1) is 4.36 Å². The first kappa shape index (κ1) is 10.3. The smallest absolute Gasteiger partial charge is 0.250 e. The van der Waals surface area contributed by atoms with Crippen molar-refractivity contribution < 1.29 is 4.79 Å². The van der Waals surface area contributed by atoms with E-state index in [1.807, 2.05) is 6.92 Å². The summed E-state index contributed by atoms with van der Waals surface area (Å²) in [6, 6.07) is 0. The molecule has 0 radical (unpaired) electrons. The molecule has 1 nitrogen and oxygen atoms in total. The van der Waals surface area contributed by atoms with Gasteiger partial charge in [0, 0.05) is 5.57 Å². The topological polar surface area (TPSA) is 17.1 Å². The van der Waals surface area contributed by atoms with Gasteiger partial charge in [-0.1, -0.05) is 18.5 Å². The summed E-state index contributed by atoms with van der Waals surface area (Å²) in [4.78, 5) is 10.5. The maximum absolute atomic E-state index is 10.5. The molecule has 4 heteroatoms. The number of halogens is 2. The van der Waals surface area contributed by atoms with Crippen LogP contribution in [0.4, 0.5) is 0 Å². The van der Waals surface area contributed by atoms with Crippen LogP contribution in [0.1, 0.15) is 13.8 Å². The van der Waals surface area contributed by atoms with Crippen molar-refractivity contribution in [3.63, 3.8) is 0 Å². The molecule has 0 aliphatic carbocycles. The van der Waals surface area contributed by atoms with Crippen molar-refractivity contribution in [2.45, 2.75) is 13.8 Å². The van der Waals surface area contributed by atoms with Crippen molar-refractivity contribution in [2.75, 3.05) is 5.75 Å². The van der Waals surface area contributed by atoms with Crippen molar-refractivity contribution in [3.8, 4) is 0 Å². The van der Waals surface area contributed by atoms with E-state index < -0.39 is 5.24 Å². The van der Waals surface area contributed by atoms with Gasteiger partial charge in [0.25, 0.3) is 0 Å². The van der Waals surface area contributed by atoms with Gasteiger partial charge in [-0.3, -0.25) is 4.79 Å². The Labute approximate surface area is 74.8 Å². The Kier molecular flexibility index (Phi) is 5.22. The molecule has 10 heavy (non-hydrogen) atoms. The number of carbonyl (C=O) groups is 1. The Bertz CT molecular complexity index is 165. The quantitative estimate of drug-likeness (QED) is 0.513. The van der Waals surface area contributed by atoms with Crippen molar-refractivity contribution in [1.29, 1.82) is 0 Å². The predicted octanol–water partition coefficient (Wildman–Crippen LogP) is 2.98. The van der Waals surface area contributed by atoms with Gasteiger partial charge in [-0.2, -0.15) is 0 Å². The van der Waals surface area contributed by atoms with Gasteiger partial charge in [0.1, 0.15) is 0 Å². The number of carbonyl (C=O) groups excluding carboxylic acids is 1. The van der Waals surface area contributed by atoms with Gasteiger partial charge in [-0.05, 0) is 24.3 Å². The first-order valence-electron chi connectivity index (χ1n) is 2.78. The molecule has 0 amide bonds. The fraction of sp³-hybridized carbons (Fsp3) is 0.500. The van der Waals surface area contributed by atoms with Crippen LogP contribution >= 0.6 is 35.0 Å². The van der Waals surface area contributed by atoms with E-state index >= 15 is 0 Å². The summed E-state index contributed by atoms with van der Waals surface area (Å²) < 4.78 is 0.488. The highest BCUT2D eigenvalue weighted by atomic mass is 35.5. The molecule has 0 rings (SSSR count). The molecule has 0 aromatic rings. The largest absolute Gasteiger partial charge is 0.276 e. The summed E-state index contributed by atoms with van der Waals surface area (Å²) in [6.07, 6.45) is 0. The highest BCUT2D eigenvalue weighted by Crippen LogP contribution is 2.24. The Morgan fingerprint density at radius 3 is 2.30 bits per heavy atom. The van der Waals surface area contributed by atoms with E-state index in [0.717, 1.165) is 5.75 Å². The van der Waals surface area contributed by atoms with Crippen LogP contribution in [-0.4, -0.2) is 11.0 Å². The average molecular weight is 199 g/mol. The van der Waals surface area contributed by atoms with Crippen LogP contribution in [0.5, 0.6) is 0 Å². The zero-order valence-corrected chi connectivity index (χ0v) is 8.11. The zero-order chi connectivity index (χ0) is 8.15. The second-order valence-electron chi connectivity index (χ2n) is 1.61. The summed E-state index contributed by atoms with van der Waals surface area (Å²) in [7, 11) is 0. The van der Waals surface area contributed by atoms with Gasteiger partial charge in [-0.15, -0.1) is 11.8 Å². The molecule has 0 bridgehead atoms. The van der Waals surface area contributed by atoms with E-state index in [1.54, 1.807) is 6.92 Å². The lowest BCUT2D eigenvalue weighted by Gasteiger charge is -1.96. The second kappa shape index (κ2) is 5.05. The Morgan fingerprint density at radius 2 is 2.00 bits per heavy atom. The maximum Gasteiger partial charge on any atom is 0.250 e. The standard InChI is InChI=1S/C6H8Cl2OS/c1-3-10-6(8)4(2)5(7)9/h3H2,1-2H3/b6-4-. The lowest BCUT2D eigenvalue weighted by Crippen LogP contribution is -1.88. The molecule has 0 N–H and O–H groups in total. The molecule has 0 atom stereocenters. The summed E-state index contributed by atoms with van der Waals surface area (Å²) in [6.45, 7) is 3.57. The molecule has 0 heterocycles. The van der Waals surface area contributed by atoms with E-state index in [9.17, 15) is 4.79 Å². The van der Waals surface area contributed by atoms with Crippen LogP contribution in [0, 0.1) is 0 Å². The van der Waals surface area contributed by atoms with Crippen LogP contribution < -0.4 is 0 Å². The number of hydrogen-bond acceptors (Lipinski definition) is 2. The third-order valence-corrected chi connectivity index (χ3v) is 2.60. The molecular formula is C6H8Cl2OS. The van der Waals surface area contributed by atoms with Gasteiger partial charge < -0.3 is 0 Å². The third kappa shape index (κ3) is 3.49. The van der Waals surface area contributed by atoms with Gasteiger partial charge >= 0.3 is 0 Å². The first-order valence-corrected chi connectivity index (χ1v) is 4.52. The third-order valence-electron chi connectivity index (χ3n) is 0.861. The van der Waals surface area contributed by atoms with Crippen LogP contribution in [0.25, 0.3) is 0 Å². The Hall–Kier alpha value is 0.340. The highest BCUT2D eigenvalue weighted by molar-refractivity contribution is 8.04. The van der Waals surface area contributed by atoms with E-state index in [4.69, 9.17) is 23.2 Å². The highest BCUT2D eigenvalue weighted by Gasteiger charge is 2.04. The van der Waals surface area contributed by atoms with Gasteiger partial charge in [-0.25, -0.2) is 0 Å². The van der Waals surface area contributed by atoms with Crippen LogP contribution in [0.2, 0.25) is 0 Å². The first-order chi connectivity index (χ1) is 4.59. The number of rotatable bonds is 3. The zero-order valence-electron chi connectivity index (χ0n) is 5.78. The van der Waals surface area contributed by atoms with Crippen LogP contribution in [0.3, 0.4) is 0 Å². The molecule has 0 saturated heterocycles. The molecule has 0 saturated carbocycles. The summed E-state index contributed by atoms with van der Waals surface area (Å²) in [5.41, 5.74) is 0.426. The molecule has 0 unspecified atom stereocenters. The Morgan fingerprint density at radius 1 is 1.50 bits per heavy atom. The minimum atomic E-state index is -0.481. The predicted molar refractivity (Wildman–Crippen MR) is 47.5 cm³/mol. The molecule has 0 aliphatic rings. The van der Waals surface area contributed by atoms with E-state index in [-0.39, 0.29) is 0 Å². The van der Waals surface area contributed by atoms with Crippen molar-refractivity contribution in [2.24, 2.45) is 0 Å². The molecule has 58 valence electrons. The lowest BCUT2D eigenvalue weighted by molar-refractivity contribution is -0.108. The van der Waals surface area contributed by atoms with Crippen molar-refractivity contribution >= 4 is 40.2 Å². The fourth-order valence-electron chi connectivity index (χ4n) is 0.312. The average Bonchev–Trinajstić information content (AvgIpc) is 1.87. The number of allylic oxidation sites excluding steroid dienone is 1. The second-order valence-corrected chi connectivity index (χ2v) is 3.83. The number of hydrogen-bond donors (Lipinski definition) is 0. The van der Waals surface area contributed by atoms with Crippen molar-refractivity contribution in [1.82, 2.24) is 0 Å². The molecule has 0 fully saturated rings. The molecule has 0 aromatic heterocycles. The summed E-state index contributed by atoms with van der Waals surface area (Å²) in [5.74, 6) is 0.848. The van der Waals surface area contributed by atoms with Gasteiger partial charge in [0.2, 0.25) is 5.24 Å². The SMILES string of the molecule is CCS/C(Cl)=C(/C)C(=O)Cl. The summed E-state index contributed by atoms with van der Waals surface area (Å²) in [5, 5.41) is -0.481. The van der Waals surface area contributed by atoms with E-state index in [0.29, 0.717) is 9.94 Å². The summed E-state index contributed by atoms with van der Waals surface area (Å²) >= 11 is 12.2. The maximum atomic E-state index is 10.5. The Balaban J connectivity index is 4.19. The monoisotopic (exact) mass is 198 g/mol. The lowest BCUT2D eigenvalue weighted by atomic mass is 10.4. The minimum Gasteiger partial charge on any atom is -0.276 e. The fourth-order valence-corrected chi connectivity index (χ4v) is 1.49. The molecule has 0 aliphatic heterocycles. The van der Waals surface area contributed by atoms with Crippen LogP contribution in [0.15, 0.2) is 9.94 Å². The molecule has 0 spiro atoms. The van der Waals surface area contributed by atoms with Gasteiger partial charge in [0.15, 0.2) is 0 Å². The van der Waals surface area contributed by atoms with E-state index in [2.05, 4.69) is 0 Å². The van der Waals surface area contributed by atoms with E-state index in [1.165, 1.54) is 11.8 Å². The molecule has 0 aromatic carbocycles.